The van der Waals surface area contributed by atoms with E-state index < -0.39 is 5.82 Å². The zero-order valence-electron chi connectivity index (χ0n) is 12.9. The zero-order chi connectivity index (χ0) is 16.4. The molecule has 0 spiro atoms. The predicted octanol–water partition coefficient (Wildman–Crippen LogP) is 2.87. The molecule has 0 fully saturated rings. The van der Waals surface area contributed by atoms with Gasteiger partial charge in [-0.1, -0.05) is 17.7 Å². The highest BCUT2D eigenvalue weighted by Crippen LogP contribution is 2.20. The maximum atomic E-state index is 13.7. The van der Waals surface area contributed by atoms with Crippen LogP contribution in [0.25, 0.3) is 0 Å². The molecule has 0 bridgehead atoms. The molecule has 0 aliphatic carbocycles. The van der Waals surface area contributed by atoms with Gasteiger partial charge < -0.3 is 10.2 Å². The molecule has 1 aromatic heterocycles. The molecule has 2 aromatic rings. The summed E-state index contributed by atoms with van der Waals surface area (Å²) in [5, 5.41) is 7.31. The summed E-state index contributed by atoms with van der Waals surface area (Å²) in [7, 11) is 1.91. The number of nitrogens with zero attached hydrogens (tertiary/aromatic N) is 3. The van der Waals surface area contributed by atoms with Crippen LogP contribution < -0.4 is 5.32 Å². The van der Waals surface area contributed by atoms with E-state index in [0.717, 1.165) is 24.1 Å². The Hall–Kier alpha value is -2.08. The minimum atomic E-state index is -0.414. The highest BCUT2D eigenvalue weighted by atomic mass is 35.5. The number of benzene rings is 1. The minimum absolute atomic E-state index is 0.0702. The number of carbonyl (C=O) groups excluding carboxylic acids is 1. The second-order valence-corrected chi connectivity index (χ2v) is 6.03. The van der Waals surface area contributed by atoms with Crippen molar-refractivity contribution >= 4 is 17.6 Å². The Bertz CT molecular complexity index is 711. The maximum Gasteiger partial charge on any atom is 0.317 e. The number of urea groups is 1. The molecule has 0 saturated heterocycles. The van der Waals surface area contributed by atoms with Crippen molar-refractivity contribution in [1.82, 2.24) is 20.0 Å². The van der Waals surface area contributed by atoms with Gasteiger partial charge in [-0.25, -0.2) is 9.18 Å². The van der Waals surface area contributed by atoms with Crippen LogP contribution in [0.1, 0.15) is 23.2 Å². The van der Waals surface area contributed by atoms with Gasteiger partial charge in [0.2, 0.25) is 0 Å². The number of fused-ring (bicyclic) bond motifs is 1. The van der Waals surface area contributed by atoms with Gasteiger partial charge in [-0.2, -0.15) is 5.10 Å². The molecule has 5 nitrogen and oxygen atoms in total. The number of aromatic nitrogens is 2. The van der Waals surface area contributed by atoms with Gasteiger partial charge in [-0.05, 0) is 25.0 Å². The zero-order valence-corrected chi connectivity index (χ0v) is 13.6. The van der Waals surface area contributed by atoms with Crippen molar-refractivity contribution < 1.29 is 9.18 Å². The first-order valence-corrected chi connectivity index (χ1v) is 7.89. The van der Waals surface area contributed by atoms with Crippen LogP contribution in [0, 0.1) is 5.82 Å². The van der Waals surface area contributed by atoms with Crippen molar-refractivity contribution in [1.29, 1.82) is 0 Å². The molecular weight excluding hydrogens is 319 g/mol. The summed E-state index contributed by atoms with van der Waals surface area (Å²) in [4.78, 5) is 14.1. The third-order valence-electron chi connectivity index (χ3n) is 4.12. The molecule has 3 rings (SSSR count). The van der Waals surface area contributed by atoms with Gasteiger partial charge in [0.05, 0.1) is 12.7 Å². The van der Waals surface area contributed by atoms with Gasteiger partial charge >= 0.3 is 6.03 Å². The fraction of sp³-hybridized carbons (Fsp3) is 0.375. The first kappa shape index (κ1) is 15.8. The van der Waals surface area contributed by atoms with Crippen LogP contribution in [0.5, 0.6) is 0 Å². The second kappa shape index (κ2) is 6.58. The Morgan fingerprint density at radius 3 is 3.09 bits per heavy atom. The number of nitrogens with one attached hydrogen (secondary N) is 1. The number of halogens is 2. The van der Waals surface area contributed by atoms with Crippen LogP contribution in [0.15, 0.2) is 24.4 Å². The molecule has 122 valence electrons. The second-order valence-electron chi connectivity index (χ2n) is 5.62. The summed E-state index contributed by atoms with van der Waals surface area (Å²) >= 11 is 5.98. The highest BCUT2D eigenvalue weighted by molar-refractivity contribution is 6.31. The Balaban J connectivity index is 1.67. The van der Waals surface area contributed by atoms with Gasteiger partial charge in [-0.3, -0.25) is 4.68 Å². The van der Waals surface area contributed by atoms with Crippen LogP contribution in [-0.2, 0) is 26.6 Å². The molecule has 2 heterocycles. The van der Waals surface area contributed by atoms with E-state index in [1.807, 2.05) is 11.7 Å². The number of rotatable bonds is 2. The Kier molecular flexibility index (Phi) is 4.52. The van der Waals surface area contributed by atoms with E-state index >= 15 is 0 Å². The SMILES string of the molecule is Cn1ncc2c1CCCN(C(=O)NCc1c(F)cccc1Cl)C2. The monoisotopic (exact) mass is 336 g/mol. The van der Waals surface area contributed by atoms with Crippen molar-refractivity contribution in [3.8, 4) is 0 Å². The maximum absolute atomic E-state index is 13.7. The molecule has 0 radical (unpaired) electrons. The summed E-state index contributed by atoms with van der Waals surface area (Å²) in [5.74, 6) is -0.414. The summed E-state index contributed by atoms with van der Waals surface area (Å²) in [5.41, 5.74) is 2.53. The normalized spacial score (nSPS) is 14.3. The van der Waals surface area contributed by atoms with Gasteiger partial charge in [-0.15, -0.1) is 0 Å². The van der Waals surface area contributed by atoms with E-state index in [9.17, 15) is 9.18 Å². The summed E-state index contributed by atoms with van der Waals surface area (Å²) in [6, 6.07) is 4.27. The van der Waals surface area contributed by atoms with Gasteiger partial charge in [0.15, 0.2) is 0 Å². The van der Waals surface area contributed by atoms with E-state index in [2.05, 4.69) is 10.4 Å². The van der Waals surface area contributed by atoms with E-state index in [0.29, 0.717) is 23.7 Å². The van der Waals surface area contributed by atoms with Gasteiger partial charge in [0.25, 0.3) is 0 Å². The summed E-state index contributed by atoms with van der Waals surface area (Å²) in [6.07, 6.45) is 3.57. The summed E-state index contributed by atoms with van der Waals surface area (Å²) < 4.78 is 15.6. The lowest BCUT2D eigenvalue weighted by molar-refractivity contribution is 0.195. The molecule has 1 aromatic carbocycles. The smallest absolute Gasteiger partial charge is 0.317 e. The minimum Gasteiger partial charge on any atom is -0.334 e. The van der Waals surface area contributed by atoms with E-state index in [4.69, 9.17) is 11.6 Å². The van der Waals surface area contributed by atoms with Crippen molar-refractivity contribution in [3.63, 3.8) is 0 Å². The fourth-order valence-electron chi connectivity index (χ4n) is 2.84. The lowest BCUT2D eigenvalue weighted by atomic mass is 10.2. The molecule has 0 unspecified atom stereocenters. The number of hydrogen-bond donors (Lipinski definition) is 1. The largest absolute Gasteiger partial charge is 0.334 e. The average molecular weight is 337 g/mol. The molecular formula is C16H18ClFN4O. The molecule has 1 N–H and O–H groups in total. The van der Waals surface area contributed by atoms with E-state index in [1.165, 1.54) is 6.07 Å². The standard InChI is InChI=1S/C16H18ClFN4O/c1-21-15-6-3-7-22(10-11(15)8-20-21)16(23)19-9-12-13(17)4-2-5-14(12)18/h2,4-5,8H,3,6-7,9-10H2,1H3,(H,19,23). The van der Waals surface area contributed by atoms with Crippen molar-refractivity contribution in [2.45, 2.75) is 25.9 Å². The fourth-order valence-corrected chi connectivity index (χ4v) is 3.07. The highest BCUT2D eigenvalue weighted by Gasteiger charge is 2.21. The number of aryl methyl sites for hydroxylation is 1. The van der Waals surface area contributed by atoms with Crippen molar-refractivity contribution in [2.24, 2.45) is 7.05 Å². The molecule has 0 saturated carbocycles. The van der Waals surface area contributed by atoms with Gasteiger partial charge in [0.1, 0.15) is 5.82 Å². The van der Waals surface area contributed by atoms with E-state index in [1.54, 1.807) is 23.2 Å². The molecule has 23 heavy (non-hydrogen) atoms. The number of amides is 2. The number of carbonyl (C=O) groups is 1. The van der Waals surface area contributed by atoms with Crippen LogP contribution >= 0.6 is 11.6 Å². The number of hydrogen-bond acceptors (Lipinski definition) is 2. The predicted molar refractivity (Wildman–Crippen MR) is 85.6 cm³/mol. The topological polar surface area (TPSA) is 50.2 Å². The third kappa shape index (κ3) is 3.32. The van der Waals surface area contributed by atoms with Crippen molar-refractivity contribution in [3.05, 3.63) is 52.1 Å². The first-order valence-electron chi connectivity index (χ1n) is 7.51. The van der Waals surface area contributed by atoms with Crippen LogP contribution in [0.3, 0.4) is 0 Å². The van der Waals surface area contributed by atoms with Crippen LogP contribution in [0.2, 0.25) is 5.02 Å². The quantitative estimate of drug-likeness (QED) is 0.916. The third-order valence-corrected chi connectivity index (χ3v) is 4.47. The summed E-state index contributed by atoms with van der Waals surface area (Å²) in [6.45, 7) is 1.24. The molecule has 1 aliphatic heterocycles. The Morgan fingerprint density at radius 1 is 1.48 bits per heavy atom. The van der Waals surface area contributed by atoms with Crippen LogP contribution in [0.4, 0.5) is 9.18 Å². The van der Waals surface area contributed by atoms with Crippen LogP contribution in [-0.4, -0.2) is 27.3 Å². The Morgan fingerprint density at radius 2 is 2.30 bits per heavy atom. The molecule has 1 aliphatic rings. The molecule has 0 atom stereocenters. The van der Waals surface area contributed by atoms with Gasteiger partial charge in [0, 0.05) is 42.0 Å². The van der Waals surface area contributed by atoms with Crippen molar-refractivity contribution in [2.75, 3.05) is 6.54 Å². The lowest BCUT2D eigenvalue weighted by Gasteiger charge is -2.21. The molecule has 7 heteroatoms. The Labute approximate surface area is 139 Å². The molecule has 2 amide bonds. The van der Waals surface area contributed by atoms with E-state index in [-0.39, 0.29) is 12.6 Å². The lowest BCUT2D eigenvalue weighted by Crippen LogP contribution is -2.39. The first-order chi connectivity index (χ1) is 11.1. The average Bonchev–Trinajstić information content (AvgIpc) is 2.74.